The minimum Gasteiger partial charge on any atom is -0.352 e. The largest absolute Gasteiger partial charge is 0.416 e. The molecule has 0 fully saturated rings. The van der Waals surface area contributed by atoms with Gasteiger partial charge in [-0.25, -0.2) is 4.39 Å². The standard InChI is InChI=1S/C19H18F4N2O2/c1-13(26)25(16-8-6-15(7-9-16)19(21,22)23)11-10-18(27)24-12-14-4-2-3-5-17(14)20/h2-9H,10-12H2,1H3,(H,24,27). The lowest BCUT2D eigenvalue weighted by Gasteiger charge is -2.21. The third kappa shape index (κ3) is 5.80. The Morgan fingerprint density at radius 1 is 1.04 bits per heavy atom. The minimum atomic E-state index is -4.47. The summed E-state index contributed by atoms with van der Waals surface area (Å²) in [4.78, 5) is 24.9. The molecule has 0 aliphatic heterocycles. The molecule has 2 rings (SSSR count). The first-order valence-corrected chi connectivity index (χ1v) is 8.14. The highest BCUT2D eigenvalue weighted by atomic mass is 19.4. The Kier molecular flexibility index (Phi) is 6.55. The SMILES string of the molecule is CC(=O)N(CCC(=O)NCc1ccccc1F)c1ccc(C(F)(F)F)cc1. The number of anilines is 1. The number of carbonyl (C=O) groups is 2. The van der Waals surface area contributed by atoms with E-state index in [-0.39, 0.29) is 25.2 Å². The molecule has 2 aromatic rings. The average Bonchev–Trinajstić information content (AvgIpc) is 2.60. The van der Waals surface area contributed by atoms with E-state index in [2.05, 4.69) is 5.32 Å². The number of halogens is 4. The molecule has 0 aliphatic carbocycles. The summed E-state index contributed by atoms with van der Waals surface area (Å²) >= 11 is 0. The second-order valence-corrected chi connectivity index (χ2v) is 5.83. The summed E-state index contributed by atoms with van der Waals surface area (Å²) in [5.74, 6) is -1.25. The highest BCUT2D eigenvalue weighted by Crippen LogP contribution is 2.30. The number of hydrogen-bond acceptors (Lipinski definition) is 2. The Hall–Kier alpha value is -2.90. The maximum absolute atomic E-state index is 13.5. The van der Waals surface area contributed by atoms with Gasteiger partial charge in [-0.05, 0) is 30.3 Å². The molecule has 0 aliphatic rings. The van der Waals surface area contributed by atoms with Gasteiger partial charge in [-0.2, -0.15) is 13.2 Å². The van der Waals surface area contributed by atoms with E-state index in [1.807, 2.05) is 0 Å². The van der Waals surface area contributed by atoms with Gasteiger partial charge in [0.25, 0.3) is 0 Å². The van der Waals surface area contributed by atoms with Crippen molar-refractivity contribution in [2.75, 3.05) is 11.4 Å². The quantitative estimate of drug-likeness (QED) is 0.771. The Labute approximate surface area is 153 Å². The highest BCUT2D eigenvalue weighted by Gasteiger charge is 2.30. The van der Waals surface area contributed by atoms with Crippen molar-refractivity contribution in [2.24, 2.45) is 0 Å². The molecule has 0 saturated heterocycles. The van der Waals surface area contributed by atoms with E-state index >= 15 is 0 Å². The number of carbonyl (C=O) groups excluding carboxylic acids is 2. The Morgan fingerprint density at radius 2 is 1.67 bits per heavy atom. The molecular weight excluding hydrogens is 364 g/mol. The zero-order valence-electron chi connectivity index (χ0n) is 14.5. The van der Waals surface area contributed by atoms with E-state index in [4.69, 9.17) is 0 Å². The van der Waals surface area contributed by atoms with Crippen LogP contribution >= 0.6 is 0 Å². The van der Waals surface area contributed by atoms with Crippen LogP contribution in [-0.4, -0.2) is 18.4 Å². The first-order chi connectivity index (χ1) is 12.7. The first-order valence-electron chi connectivity index (χ1n) is 8.14. The molecule has 0 spiro atoms. The molecule has 27 heavy (non-hydrogen) atoms. The van der Waals surface area contributed by atoms with Gasteiger partial charge in [0, 0.05) is 37.7 Å². The van der Waals surface area contributed by atoms with E-state index in [0.29, 0.717) is 5.56 Å². The van der Waals surface area contributed by atoms with Crippen molar-refractivity contribution < 1.29 is 27.2 Å². The van der Waals surface area contributed by atoms with Crippen molar-refractivity contribution >= 4 is 17.5 Å². The van der Waals surface area contributed by atoms with Gasteiger partial charge in [0.2, 0.25) is 11.8 Å². The predicted octanol–water partition coefficient (Wildman–Crippen LogP) is 3.90. The van der Waals surface area contributed by atoms with Crippen LogP contribution in [0.3, 0.4) is 0 Å². The third-order valence-electron chi connectivity index (χ3n) is 3.88. The summed E-state index contributed by atoms with van der Waals surface area (Å²) in [7, 11) is 0. The summed E-state index contributed by atoms with van der Waals surface area (Å²) in [5.41, 5.74) is -0.230. The highest BCUT2D eigenvalue weighted by molar-refractivity contribution is 5.92. The van der Waals surface area contributed by atoms with Crippen LogP contribution in [0.15, 0.2) is 48.5 Å². The van der Waals surface area contributed by atoms with Gasteiger partial charge in [-0.1, -0.05) is 18.2 Å². The van der Waals surface area contributed by atoms with E-state index in [1.165, 1.54) is 36.1 Å². The molecule has 0 unspecified atom stereocenters. The van der Waals surface area contributed by atoms with E-state index in [9.17, 15) is 27.2 Å². The zero-order valence-corrected chi connectivity index (χ0v) is 14.5. The van der Waals surface area contributed by atoms with Gasteiger partial charge in [0.15, 0.2) is 0 Å². The Morgan fingerprint density at radius 3 is 2.22 bits per heavy atom. The second-order valence-electron chi connectivity index (χ2n) is 5.83. The lowest BCUT2D eigenvalue weighted by molar-refractivity contribution is -0.137. The molecule has 0 aromatic heterocycles. The van der Waals surface area contributed by atoms with Crippen molar-refractivity contribution in [3.8, 4) is 0 Å². The van der Waals surface area contributed by atoms with Crippen molar-refractivity contribution in [1.82, 2.24) is 5.32 Å². The number of nitrogens with one attached hydrogen (secondary N) is 1. The molecule has 2 amide bonds. The predicted molar refractivity (Wildman–Crippen MR) is 92.3 cm³/mol. The molecule has 144 valence electrons. The van der Waals surface area contributed by atoms with Gasteiger partial charge in [-0.15, -0.1) is 0 Å². The molecule has 2 aromatic carbocycles. The van der Waals surface area contributed by atoms with Gasteiger partial charge in [-0.3, -0.25) is 9.59 Å². The van der Waals surface area contributed by atoms with Crippen LogP contribution in [0.25, 0.3) is 0 Å². The van der Waals surface area contributed by atoms with E-state index in [0.717, 1.165) is 12.1 Å². The van der Waals surface area contributed by atoms with Crippen LogP contribution in [0, 0.1) is 5.82 Å². The van der Waals surface area contributed by atoms with Crippen LogP contribution < -0.4 is 10.2 Å². The molecule has 8 heteroatoms. The topological polar surface area (TPSA) is 49.4 Å². The van der Waals surface area contributed by atoms with Gasteiger partial charge in [0.1, 0.15) is 5.82 Å². The summed E-state index contributed by atoms with van der Waals surface area (Å²) in [5, 5.41) is 2.55. The lowest BCUT2D eigenvalue weighted by Crippen LogP contribution is -2.33. The summed E-state index contributed by atoms with van der Waals surface area (Å²) in [6.07, 6.45) is -4.54. The summed E-state index contributed by atoms with van der Waals surface area (Å²) in [6, 6.07) is 10.1. The fraction of sp³-hybridized carbons (Fsp3) is 0.263. The van der Waals surface area contributed by atoms with Crippen LogP contribution in [-0.2, 0) is 22.3 Å². The maximum Gasteiger partial charge on any atom is 0.416 e. The monoisotopic (exact) mass is 382 g/mol. The molecule has 0 radical (unpaired) electrons. The lowest BCUT2D eigenvalue weighted by atomic mass is 10.2. The minimum absolute atomic E-state index is 0.00581. The Balaban J connectivity index is 1.95. The smallest absolute Gasteiger partial charge is 0.352 e. The van der Waals surface area contributed by atoms with Gasteiger partial charge < -0.3 is 10.2 Å². The molecule has 0 bridgehead atoms. The number of rotatable bonds is 6. The number of nitrogens with zero attached hydrogens (tertiary/aromatic N) is 1. The zero-order chi connectivity index (χ0) is 20.0. The average molecular weight is 382 g/mol. The molecular formula is C19H18F4N2O2. The Bertz CT molecular complexity index is 804. The fourth-order valence-corrected chi connectivity index (χ4v) is 2.44. The number of hydrogen-bond donors (Lipinski definition) is 1. The molecule has 1 N–H and O–H groups in total. The summed E-state index contributed by atoms with van der Waals surface area (Å²) < 4.78 is 51.4. The van der Waals surface area contributed by atoms with Crippen LogP contribution in [0.2, 0.25) is 0 Å². The van der Waals surface area contributed by atoms with Crippen LogP contribution in [0.1, 0.15) is 24.5 Å². The fourth-order valence-electron chi connectivity index (χ4n) is 2.44. The van der Waals surface area contributed by atoms with Crippen molar-refractivity contribution in [3.05, 3.63) is 65.5 Å². The van der Waals surface area contributed by atoms with Crippen LogP contribution in [0.4, 0.5) is 23.2 Å². The van der Waals surface area contributed by atoms with Gasteiger partial charge >= 0.3 is 6.18 Å². The summed E-state index contributed by atoms with van der Waals surface area (Å²) in [6.45, 7) is 1.25. The number of benzene rings is 2. The normalized spacial score (nSPS) is 11.1. The van der Waals surface area contributed by atoms with E-state index < -0.39 is 29.4 Å². The molecule has 4 nitrogen and oxygen atoms in total. The van der Waals surface area contributed by atoms with Crippen molar-refractivity contribution in [1.29, 1.82) is 0 Å². The molecule has 0 atom stereocenters. The second kappa shape index (κ2) is 8.66. The van der Waals surface area contributed by atoms with Crippen molar-refractivity contribution in [3.63, 3.8) is 0 Å². The molecule has 0 heterocycles. The van der Waals surface area contributed by atoms with Gasteiger partial charge in [0.05, 0.1) is 5.56 Å². The number of alkyl halides is 3. The maximum atomic E-state index is 13.5. The van der Waals surface area contributed by atoms with Crippen LogP contribution in [0.5, 0.6) is 0 Å². The van der Waals surface area contributed by atoms with Crippen molar-refractivity contribution in [2.45, 2.75) is 26.1 Å². The first kappa shape index (κ1) is 20.4. The third-order valence-corrected chi connectivity index (χ3v) is 3.88. The number of amides is 2. The molecule has 0 saturated carbocycles. The van der Waals surface area contributed by atoms with E-state index in [1.54, 1.807) is 12.1 Å².